The standard InChI is InChI=1S/C17H11F3N2O3/c1-22-15(24)12-6-5-9(7-13(12)16(22)25)14(23)21-11-4-2-3-10(8-11)17(18,19)20/h2-8H,1H3,(H,21,23). The van der Waals surface area contributed by atoms with Gasteiger partial charge in [-0.2, -0.15) is 13.2 Å². The SMILES string of the molecule is CN1C(=O)c2ccc(C(=O)Nc3cccc(C(F)(F)F)c3)cc2C1=O. The summed E-state index contributed by atoms with van der Waals surface area (Å²) in [7, 11) is 1.33. The van der Waals surface area contributed by atoms with Crippen molar-refractivity contribution in [1.82, 2.24) is 4.90 Å². The van der Waals surface area contributed by atoms with Crippen LogP contribution in [-0.4, -0.2) is 29.7 Å². The zero-order valence-electron chi connectivity index (χ0n) is 12.8. The number of hydrogen-bond acceptors (Lipinski definition) is 3. The van der Waals surface area contributed by atoms with E-state index in [2.05, 4.69) is 5.32 Å². The molecule has 1 aliphatic heterocycles. The Hall–Kier alpha value is -3.16. The van der Waals surface area contributed by atoms with Gasteiger partial charge in [-0.05, 0) is 36.4 Å². The Morgan fingerprint density at radius 1 is 1.00 bits per heavy atom. The van der Waals surface area contributed by atoms with Crippen LogP contribution in [-0.2, 0) is 6.18 Å². The molecule has 0 unspecified atom stereocenters. The molecule has 1 heterocycles. The average Bonchev–Trinajstić information content (AvgIpc) is 2.78. The fourth-order valence-electron chi connectivity index (χ4n) is 2.48. The number of fused-ring (bicyclic) bond motifs is 1. The van der Waals surface area contributed by atoms with Gasteiger partial charge in [0, 0.05) is 18.3 Å². The van der Waals surface area contributed by atoms with Crippen LogP contribution >= 0.6 is 0 Å². The predicted octanol–water partition coefficient (Wildman–Crippen LogP) is 3.18. The number of carbonyl (C=O) groups is 3. The lowest BCUT2D eigenvalue weighted by Crippen LogP contribution is -2.24. The van der Waals surface area contributed by atoms with Gasteiger partial charge in [-0.1, -0.05) is 6.07 Å². The maximum Gasteiger partial charge on any atom is 0.416 e. The molecule has 2 aromatic carbocycles. The van der Waals surface area contributed by atoms with Crippen LogP contribution in [0.5, 0.6) is 0 Å². The highest BCUT2D eigenvalue weighted by Crippen LogP contribution is 2.31. The molecule has 3 amide bonds. The van der Waals surface area contributed by atoms with Crippen molar-refractivity contribution in [1.29, 1.82) is 0 Å². The first-order valence-corrected chi connectivity index (χ1v) is 7.13. The molecule has 128 valence electrons. The van der Waals surface area contributed by atoms with Gasteiger partial charge in [-0.25, -0.2) is 0 Å². The first-order valence-electron chi connectivity index (χ1n) is 7.13. The summed E-state index contributed by atoms with van der Waals surface area (Å²) in [5.74, 6) is -1.68. The minimum absolute atomic E-state index is 0.0279. The van der Waals surface area contributed by atoms with Crippen molar-refractivity contribution in [2.24, 2.45) is 0 Å². The molecular formula is C17H11F3N2O3. The Morgan fingerprint density at radius 3 is 2.36 bits per heavy atom. The number of hydrogen-bond donors (Lipinski definition) is 1. The smallest absolute Gasteiger partial charge is 0.322 e. The molecule has 0 bridgehead atoms. The summed E-state index contributed by atoms with van der Waals surface area (Å²) < 4.78 is 38.1. The third kappa shape index (κ3) is 2.98. The van der Waals surface area contributed by atoms with Crippen molar-refractivity contribution in [2.75, 3.05) is 12.4 Å². The minimum Gasteiger partial charge on any atom is -0.322 e. The van der Waals surface area contributed by atoms with Crippen LogP contribution in [0.15, 0.2) is 42.5 Å². The number of halogens is 3. The van der Waals surface area contributed by atoms with Crippen LogP contribution in [0.4, 0.5) is 18.9 Å². The number of alkyl halides is 3. The second-order valence-corrected chi connectivity index (χ2v) is 5.46. The highest BCUT2D eigenvalue weighted by Gasteiger charge is 2.33. The Balaban J connectivity index is 1.86. The summed E-state index contributed by atoms with van der Waals surface area (Å²) in [5, 5.41) is 2.35. The van der Waals surface area contributed by atoms with Crippen molar-refractivity contribution in [3.05, 3.63) is 64.7 Å². The van der Waals surface area contributed by atoms with Crippen molar-refractivity contribution in [2.45, 2.75) is 6.18 Å². The molecule has 8 heteroatoms. The first-order chi connectivity index (χ1) is 11.7. The molecule has 0 spiro atoms. The lowest BCUT2D eigenvalue weighted by Gasteiger charge is -2.10. The molecule has 0 radical (unpaired) electrons. The van der Waals surface area contributed by atoms with Crippen molar-refractivity contribution in [3.63, 3.8) is 0 Å². The highest BCUT2D eigenvalue weighted by atomic mass is 19.4. The van der Waals surface area contributed by atoms with E-state index in [1.165, 1.54) is 37.4 Å². The monoisotopic (exact) mass is 348 g/mol. The summed E-state index contributed by atoms with van der Waals surface area (Å²) in [6, 6.07) is 8.15. The predicted molar refractivity (Wildman–Crippen MR) is 82.3 cm³/mol. The lowest BCUT2D eigenvalue weighted by molar-refractivity contribution is -0.137. The molecule has 1 N–H and O–H groups in total. The van der Waals surface area contributed by atoms with Gasteiger partial charge in [0.2, 0.25) is 0 Å². The van der Waals surface area contributed by atoms with E-state index in [1.54, 1.807) is 0 Å². The Kier molecular flexibility index (Phi) is 3.82. The molecule has 0 fully saturated rings. The number of imide groups is 1. The molecule has 2 aromatic rings. The van der Waals surface area contributed by atoms with E-state index in [1.807, 2.05) is 0 Å². The number of rotatable bonds is 2. The molecule has 0 saturated carbocycles. The van der Waals surface area contributed by atoms with Gasteiger partial charge < -0.3 is 5.32 Å². The minimum atomic E-state index is -4.52. The van der Waals surface area contributed by atoms with E-state index in [9.17, 15) is 27.6 Å². The topological polar surface area (TPSA) is 66.5 Å². The van der Waals surface area contributed by atoms with Gasteiger partial charge in [0.15, 0.2) is 0 Å². The fourth-order valence-corrected chi connectivity index (χ4v) is 2.48. The first kappa shape index (κ1) is 16.7. The van der Waals surface area contributed by atoms with Gasteiger partial charge in [0.1, 0.15) is 0 Å². The molecule has 0 saturated heterocycles. The fraction of sp³-hybridized carbons (Fsp3) is 0.118. The average molecular weight is 348 g/mol. The van der Waals surface area contributed by atoms with Crippen molar-refractivity contribution < 1.29 is 27.6 Å². The molecule has 0 aliphatic carbocycles. The van der Waals surface area contributed by atoms with Crippen LogP contribution in [0, 0.1) is 0 Å². The van der Waals surface area contributed by atoms with Crippen LogP contribution < -0.4 is 5.32 Å². The number of amides is 3. The van der Waals surface area contributed by atoms with Crippen LogP contribution in [0.3, 0.4) is 0 Å². The maximum absolute atomic E-state index is 12.7. The zero-order chi connectivity index (χ0) is 18.4. The number of nitrogens with one attached hydrogen (secondary N) is 1. The van der Waals surface area contributed by atoms with E-state index in [-0.39, 0.29) is 22.4 Å². The summed E-state index contributed by atoms with van der Waals surface area (Å²) >= 11 is 0. The summed E-state index contributed by atoms with van der Waals surface area (Å²) in [5.41, 5.74) is -0.582. The van der Waals surface area contributed by atoms with Gasteiger partial charge in [-0.15, -0.1) is 0 Å². The van der Waals surface area contributed by atoms with Crippen molar-refractivity contribution in [3.8, 4) is 0 Å². The second-order valence-electron chi connectivity index (χ2n) is 5.46. The normalized spacial score (nSPS) is 13.8. The van der Waals surface area contributed by atoms with Gasteiger partial charge in [0.05, 0.1) is 16.7 Å². The molecule has 5 nitrogen and oxygen atoms in total. The van der Waals surface area contributed by atoms with E-state index >= 15 is 0 Å². The number of nitrogens with zero attached hydrogens (tertiary/aromatic N) is 1. The maximum atomic E-state index is 12.7. The molecule has 1 aliphatic rings. The summed E-state index contributed by atoms with van der Waals surface area (Å²) in [6.45, 7) is 0. The number of benzene rings is 2. The molecule has 0 aromatic heterocycles. The Bertz CT molecular complexity index is 906. The Morgan fingerprint density at radius 2 is 1.68 bits per heavy atom. The zero-order valence-corrected chi connectivity index (χ0v) is 12.8. The van der Waals surface area contributed by atoms with Crippen LogP contribution in [0.1, 0.15) is 36.6 Å². The summed E-state index contributed by atoms with van der Waals surface area (Å²) in [4.78, 5) is 36.9. The summed E-state index contributed by atoms with van der Waals surface area (Å²) in [6.07, 6.45) is -4.52. The van der Waals surface area contributed by atoms with E-state index < -0.39 is 29.5 Å². The van der Waals surface area contributed by atoms with Gasteiger partial charge >= 0.3 is 6.18 Å². The quantitative estimate of drug-likeness (QED) is 0.848. The highest BCUT2D eigenvalue weighted by molar-refractivity contribution is 6.22. The molecule has 25 heavy (non-hydrogen) atoms. The number of anilines is 1. The Labute approximate surface area is 140 Å². The third-order valence-electron chi connectivity index (χ3n) is 3.80. The molecule has 0 atom stereocenters. The van der Waals surface area contributed by atoms with Gasteiger partial charge in [0.25, 0.3) is 17.7 Å². The second kappa shape index (κ2) is 5.73. The molecule has 3 rings (SSSR count). The van der Waals surface area contributed by atoms with Crippen LogP contribution in [0.2, 0.25) is 0 Å². The lowest BCUT2D eigenvalue weighted by atomic mass is 10.1. The molecular weight excluding hydrogens is 337 g/mol. The van der Waals surface area contributed by atoms with E-state index in [4.69, 9.17) is 0 Å². The van der Waals surface area contributed by atoms with Gasteiger partial charge in [-0.3, -0.25) is 19.3 Å². The third-order valence-corrected chi connectivity index (χ3v) is 3.80. The van der Waals surface area contributed by atoms with E-state index in [0.717, 1.165) is 17.0 Å². The van der Waals surface area contributed by atoms with Crippen LogP contribution in [0.25, 0.3) is 0 Å². The number of carbonyl (C=O) groups excluding carboxylic acids is 3. The van der Waals surface area contributed by atoms with E-state index in [0.29, 0.717) is 0 Å². The largest absolute Gasteiger partial charge is 0.416 e. The van der Waals surface area contributed by atoms with Crippen molar-refractivity contribution >= 4 is 23.4 Å².